The summed E-state index contributed by atoms with van der Waals surface area (Å²) in [6.45, 7) is 3.97. The molecule has 0 aromatic heterocycles. The predicted molar refractivity (Wildman–Crippen MR) is 90.6 cm³/mol. The molecule has 1 aromatic carbocycles. The number of esters is 2. The summed E-state index contributed by atoms with van der Waals surface area (Å²) >= 11 is 0. The maximum Gasteiger partial charge on any atom is 0.416 e. The van der Waals surface area contributed by atoms with Crippen LogP contribution in [0.1, 0.15) is 56.2 Å². The fourth-order valence-corrected chi connectivity index (χ4v) is 2.55. The quantitative estimate of drug-likeness (QED) is 0.567. The molecular weight excluding hydrogens is 349 g/mol. The average molecular weight is 374 g/mol. The number of hydrogen-bond donors (Lipinski definition) is 0. The van der Waals surface area contributed by atoms with Gasteiger partial charge in [-0.1, -0.05) is 6.07 Å². The monoisotopic (exact) mass is 374 g/mol. The fourth-order valence-electron chi connectivity index (χ4n) is 2.55. The third kappa shape index (κ3) is 8.36. The van der Waals surface area contributed by atoms with Crippen LogP contribution < -0.4 is 0 Å². The zero-order valence-electron chi connectivity index (χ0n) is 15.2. The van der Waals surface area contributed by atoms with Crippen LogP contribution in [0, 0.1) is 0 Å². The molecule has 1 aromatic rings. The van der Waals surface area contributed by atoms with Gasteiger partial charge in [0.1, 0.15) is 0 Å². The molecule has 0 spiro atoms. The van der Waals surface area contributed by atoms with E-state index in [1.165, 1.54) is 0 Å². The van der Waals surface area contributed by atoms with Gasteiger partial charge in [0.25, 0.3) is 0 Å². The molecule has 146 valence electrons. The second-order valence-corrected chi connectivity index (χ2v) is 5.85. The Kier molecular flexibility index (Phi) is 9.16. The van der Waals surface area contributed by atoms with Gasteiger partial charge >= 0.3 is 18.1 Å². The summed E-state index contributed by atoms with van der Waals surface area (Å²) < 4.78 is 48.9. The largest absolute Gasteiger partial charge is 0.466 e. The summed E-state index contributed by atoms with van der Waals surface area (Å²) in [6.07, 6.45) is -2.55. The normalized spacial score (nSPS) is 11.3. The number of benzene rings is 1. The number of hydrogen-bond acceptors (Lipinski definition) is 4. The van der Waals surface area contributed by atoms with Gasteiger partial charge in [-0.05, 0) is 62.8 Å². The molecule has 0 bridgehead atoms. The molecule has 0 saturated heterocycles. The molecule has 0 aliphatic rings. The fraction of sp³-hybridized carbons (Fsp3) is 0.579. The minimum Gasteiger partial charge on any atom is -0.466 e. The molecule has 4 nitrogen and oxygen atoms in total. The molecule has 0 saturated carbocycles. The van der Waals surface area contributed by atoms with Crippen molar-refractivity contribution in [3.05, 3.63) is 34.9 Å². The lowest BCUT2D eigenvalue weighted by atomic mass is 9.98. The molecule has 0 heterocycles. The van der Waals surface area contributed by atoms with Crippen LogP contribution in [-0.4, -0.2) is 25.2 Å². The van der Waals surface area contributed by atoms with E-state index in [-0.39, 0.29) is 38.0 Å². The van der Waals surface area contributed by atoms with Gasteiger partial charge in [0.15, 0.2) is 0 Å². The van der Waals surface area contributed by atoms with Gasteiger partial charge in [-0.25, -0.2) is 0 Å². The van der Waals surface area contributed by atoms with E-state index in [0.717, 1.165) is 12.1 Å². The molecule has 0 aliphatic carbocycles. The Labute approximate surface area is 151 Å². The molecular formula is C19H25F3O4. The van der Waals surface area contributed by atoms with Gasteiger partial charge in [-0.2, -0.15) is 13.2 Å². The van der Waals surface area contributed by atoms with E-state index in [1.807, 2.05) is 0 Å². The zero-order valence-corrected chi connectivity index (χ0v) is 15.2. The zero-order chi connectivity index (χ0) is 19.6. The summed E-state index contributed by atoms with van der Waals surface area (Å²) in [7, 11) is 0. The number of carbonyl (C=O) groups excluding carboxylic acids is 2. The van der Waals surface area contributed by atoms with Crippen LogP contribution in [0.25, 0.3) is 0 Å². The number of alkyl halides is 3. The van der Waals surface area contributed by atoms with Gasteiger partial charge in [-0.15, -0.1) is 0 Å². The molecule has 0 amide bonds. The highest BCUT2D eigenvalue weighted by molar-refractivity contribution is 5.69. The van der Waals surface area contributed by atoms with E-state index in [1.54, 1.807) is 19.9 Å². The van der Waals surface area contributed by atoms with E-state index in [4.69, 9.17) is 9.47 Å². The highest BCUT2D eigenvalue weighted by atomic mass is 19.4. The Bertz CT molecular complexity index is 555. The molecule has 0 atom stereocenters. The third-order valence-electron chi connectivity index (χ3n) is 3.68. The van der Waals surface area contributed by atoms with Gasteiger partial charge < -0.3 is 9.47 Å². The smallest absolute Gasteiger partial charge is 0.416 e. The van der Waals surface area contributed by atoms with Crippen molar-refractivity contribution >= 4 is 11.9 Å². The minimum atomic E-state index is -4.44. The Morgan fingerprint density at radius 1 is 0.846 bits per heavy atom. The van der Waals surface area contributed by atoms with Gasteiger partial charge in [0, 0.05) is 12.8 Å². The van der Waals surface area contributed by atoms with Gasteiger partial charge in [-0.3, -0.25) is 9.59 Å². The standard InChI is InChI=1S/C19H25F3O4/c1-3-25-17(23)9-5-7-14-11-15(8-6-10-18(24)26-4-2)13-16(12-14)19(20,21)22/h11-13H,3-10H2,1-2H3. The van der Waals surface area contributed by atoms with Crippen LogP contribution in [0.3, 0.4) is 0 Å². The third-order valence-corrected chi connectivity index (χ3v) is 3.68. The van der Waals surface area contributed by atoms with Crippen LogP contribution in [0.15, 0.2) is 18.2 Å². The lowest BCUT2D eigenvalue weighted by Crippen LogP contribution is -2.08. The lowest BCUT2D eigenvalue weighted by molar-refractivity contribution is -0.144. The molecule has 26 heavy (non-hydrogen) atoms. The SMILES string of the molecule is CCOC(=O)CCCc1cc(CCCC(=O)OCC)cc(C(F)(F)F)c1. The van der Waals surface area contributed by atoms with Crippen LogP contribution in [0.2, 0.25) is 0 Å². The maximum atomic E-state index is 13.1. The van der Waals surface area contributed by atoms with Gasteiger partial charge in [0.05, 0.1) is 18.8 Å². The highest BCUT2D eigenvalue weighted by Gasteiger charge is 2.31. The van der Waals surface area contributed by atoms with Crippen molar-refractivity contribution < 1.29 is 32.2 Å². The molecule has 0 fully saturated rings. The summed E-state index contributed by atoms with van der Waals surface area (Å²) in [5, 5.41) is 0. The molecule has 7 heteroatoms. The molecule has 0 unspecified atom stereocenters. The van der Waals surface area contributed by atoms with Crippen LogP contribution in [-0.2, 0) is 38.1 Å². The first-order valence-electron chi connectivity index (χ1n) is 8.77. The van der Waals surface area contributed by atoms with E-state index >= 15 is 0 Å². The molecule has 0 N–H and O–H groups in total. The van der Waals surface area contributed by atoms with Crippen LogP contribution >= 0.6 is 0 Å². The van der Waals surface area contributed by atoms with Crippen molar-refractivity contribution in [2.24, 2.45) is 0 Å². The topological polar surface area (TPSA) is 52.6 Å². The van der Waals surface area contributed by atoms with E-state index in [9.17, 15) is 22.8 Å². The van der Waals surface area contributed by atoms with E-state index < -0.39 is 11.7 Å². The van der Waals surface area contributed by atoms with Crippen molar-refractivity contribution in [1.29, 1.82) is 0 Å². The van der Waals surface area contributed by atoms with Gasteiger partial charge in [0.2, 0.25) is 0 Å². The number of carbonyl (C=O) groups is 2. The second-order valence-electron chi connectivity index (χ2n) is 5.85. The molecule has 1 rings (SSSR count). The number of rotatable bonds is 10. The molecule has 0 radical (unpaired) electrons. The first-order valence-corrected chi connectivity index (χ1v) is 8.77. The van der Waals surface area contributed by atoms with Crippen molar-refractivity contribution in [2.75, 3.05) is 13.2 Å². The number of halogens is 3. The summed E-state index contributed by atoms with van der Waals surface area (Å²) in [6, 6.07) is 3.92. The number of ether oxygens (including phenoxy) is 2. The second kappa shape index (κ2) is 10.8. The van der Waals surface area contributed by atoms with Crippen molar-refractivity contribution in [2.45, 2.75) is 58.5 Å². The predicted octanol–water partition coefficient (Wildman–Crippen LogP) is 4.48. The number of aryl methyl sites for hydroxylation is 2. The first kappa shape index (κ1) is 22.0. The maximum absolute atomic E-state index is 13.1. The lowest BCUT2D eigenvalue weighted by Gasteiger charge is -2.12. The summed E-state index contributed by atoms with van der Waals surface area (Å²) in [5.41, 5.74) is 0.336. The average Bonchev–Trinajstić information content (AvgIpc) is 2.54. The Morgan fingerprint density at radius 3 is 1.62 bits per heavy atom. The van der Waals surface area contributed by atoms with Crippen molar-refractivity contribution in [3.63, 3.8) is 0 Å². The summed E-state index contributed by atoms with van der Waals surface area (Å²) in [5.74, 6) is -0.705. The van der Waals surface area contributed by atoms with Crippen molar-refractivity contribution in [3.8, 4) is 0 Å². The summed E-state index contributed by atoms with van der Waals surface area (Å²) in [4.78, 5) is 22.7. The Hall–Kier alpha value is -2.05. The molecule has 0 aliphatic heterocycles. The van der Waals surface area contributed by atoms with Crippen LogP contribution in [0.5, 0.6) is 0 Å². The van der Waals surface area contributed by atoms with E-state index in [2.05, 4.69) is 0 Å². The Morgan fingerprint density at radius 2 is 1.27 bits per heavy atom. The first-order chi connectivity index (χ1) is 12.3. The highest BCUT2D eigenvalue weighted by Crippen LogP contribution is 2.31. The van der Waals surface area contributed by atoms with E-state index in [0.29, 0.717) is 36.8 Å². The van der Waals surface area contributed by atoms with Crippen molar-refractivity contribution in [1.82, 2.24) is 0 Å². The van der Waals surface area contributed by atoms with Crippen LogP contribution in [0.4, 0.5) is 13.2 Å². The minimum absolute atomic E-state index is 0.169. The Balaban J connectivity index is 2.74.